The number of amides is 2. The van der Waals surface area contributed by atoms with Crippen molar-refractivity contribution in [1.29, 1.82) is 0 Å². The molecule has 34 heavy (non-hydrogen) atoms. The molecule has 2 amide bonds. The third-order valence-electron chi connectivity index (χ3n) is 5.63. The number of benzene rings is 2. The van der Waals surface area contributed by atoms with E-state index in [0.717, 1.165) is 35.1 Å². The second-order valence-electron chi connectivity index (χ2n) is 7.85. The molecule has 2 heterocycles. The molecule has 0 saturated carbocycles. The predicted molar refractivity (Wildman–Crippen MR) is 119 cm³/mol. The topological polar surface area (TPSA) is 159 Å². The third kappa shape index (κ3) is 4.44. The molecule has 4 N–H and O–H groups in total. The average molecular weight is 456 g/mol. The number of nitrogens with zero attached hydrogens (tertiary/aromatic N) is 5. The van der Waals surface area contributed by atoms with Crippen LogP contribution in [0.4, 0.5) is 0 Å². The van der Waals surface area contributed by atoms with Crippen molar-refractivity contribution in [3.05, 3.63) is 82.9 Å². The molecule has 0 radical (unpaired) electrons. The van der Waals surface area contributed by atoms with E-state index in [-0.39, 0.29) is 35.6 Å². The highest BCUT2D eigenvalue weighted by Crippen LogP contribution is 2.33. The number of aromatic amines is 1. The lowest BCUT2D eigenvalue weighted by Crippen LogP contribution is -2.29. The minimum absolute atomic E-state index is 0.0804. The van der Waals surface area contributed by atoms with Gasteiger partial charge in [0, 0.05) is 18.2 Å². The molecule has 2 aromatic carbocycles. The molecule has 1 atom stereocenters. The Morgan fingerprint density at radius 1 is 1.06 bits per heavy atom. The van der Waals surface area contributed by atoms with Crippen LogP contribution in [-0.2, 0) is 13.0 Å². The Balaban J connectivity index is 1.25. The average Bonchev–Trinajstić information content (AvgIpc) is 3.53. The van der Waals surface area contributed by atoms with E-state index in [0.29, 0.717) is 5.82 Å². The Kier molecular flexibility index (Phi) is 5.65. The zero-order chi connectivity index (χ0) is 23.5. The van der Waals surface area contributed by atoms with Crippen LogP contribution in [0, 0.1) is 0 Å². The Morgan fingerprint density at radius 3 is 2.71 bits per heavy atom. The van der Waals surface area contributed by atoms with E-state index in [1.165, 1.54) is 12.4 Å². The lowest BCUT2D eigenvalue weighted by Gasteiger charge is -2.14. The molecule has 0 aliphatic heterocycles. The van der Waals surface area contributed by atoms with Gasteiger partial charge in [0.05, 0.1) is 6.04 Å². The van der Waals surface area contributed by atoms with Crippen molar-refractivity contribution in [2.45, 2.75) is 25.4 Å². The van der Waals surface area contributed by atoms with Gasteiger partial charge < -0.3 is 15.7 Å². The molecular weight excluding hydrogens is 436 g/mol. The van der Waals surface area contributed by atoms with Crippen molar-refractivity contribution >= 4 is 11.8 Å². The van der Waals surface area contributed by atoms with Crippen molar-refractivity contribution in [2.75, 3.05) is 0 Å². The molecule has 11 nitrogen and oxygen atoms in total. The van der Waals surface area contributed by atoms with E-state index < -0.39 is 5.91 Å². The maximum Gasteiger partial charge on any atom is 0.270 e. The molecular formula is C23H20N8O3. The van der Waals surface area contributed by atoms with Gasteiger partial charge in [-0.2, -0.15) is 5.21 Å². The number of phenolic OH excluding ortho intramolecular Hbond substituents is 1. The number of hydrogen-bond acceptors (Lipinski definition) is 8. The van der Waals surface area contributed by atoms with E-state index in [9.17, 15) is 14.7 Å². The summed E-state index contributed by atoms with van der Waals surface area (Å²) in [4.78, 5) is 33.4. The van der Waals surface area contributed by atoms with Crippen LogP contribution in [0.25, 0.3) is 11.4 Å². The molecule has 4 aromatic rings. The second-order valence-corrected chi connectivity index (χ2v) is 7.85. The minimum Gasteiger partial charge on any atom is -0.508 e. The fraction of sp³-hybridized carbons (Fsp3) is 0.174. The molecule has 0 spiro atoms. The monoisotopic (exact) mass is 456 g/mol. The van der Waals surface area contributed by atoms with E-state index in [1.807, 2.05) is 18.2 Å². The number of phenols is 1. The van der Waals surface area contributed by atoms with Gasteiger partial charge in [-0.3, -0.25) is 9.59 Å². The Bertz CT molecular complexity index is 1360. The van der Waals surface area contributed by atoms with E-state index in [2.05, 4.69) is 41.2 Å². The van der Waals surface area contributed by atoms with Crippen molar-refractivity contribution in [1.82, 2.24) is 41.2 Å². The van der Waals surface area contributed by atoms with E-state index in [1.54, 1.807) is 24.3 Å². The van der Waals surface area contributed by atoms with Crippen LogP contribution in [-0.4, -0.2) is 47.5 Å². The van der Waals surface area contributed by atoms with Crippen LogP contribution in [0.15, 0.2) is 54.9 Å². The number of H-pyrrole nitrogens is 1. The van der Waals surface area contributed by atoms with Gasteiger partial charge >= 0.3 is 0 Å². The zero-order valence-electron chi connectivity index (χ0n) is 17.9. The standard InChI is InChI=1S/C23H20N8O3/c32-16-3-1-2-13(8-16)11-24-22(33)19-10-20(26-12-25-19)23(34)27-18-7-5-14-9-15(4-6-17(14)18)21-28-30-31-29-21/h1-4,6,8-10,12,18,32H,5,7,11H2,(H,24,33)(H,27,34)(H,28,29,30,31)/t18-/m0/s1. The first-order chi connectivity index (χ1) is 16.6. The number of aryl methyl sites for hydroxylation is 1. The number of nitrogens with one attached hydrogen (secondary N) is 3. The number of rotatable bonds is 6. The molecule has 0 fully saturated rings. The van der Waals surface area contributed by atoms with Crippen LogP contribution in [0.2, 0.25) is 0 Å². The molecule has 11 heteroatoms. The summed E-state index contributed by atoms with van der Waals surface area (Å²) in [6.07, 6.45) is 2.75. The summed E-state index contributed by atoms with van der Waals surface area (Å²) >= 11 is 0. The number of aromatic nitrogens is 6. The quantitative estimate of drug-likeness (QED) is 0.341. The van der Waals surface area contributed by atoms with Gasteiger partial charge in [0.2, 0.25) is 5.82 Å². The van der Waals surface area contributed by atoms with Crippen LogP contribution < -0.4 is 10.6 Å². The predicted octanol–water partition coefficient (Wildman–Crippen LogP) is 1.71. The molecule has 0 bridgehead atoms. The largest absolute Gasteiger partial charge is 0.508 e. The summed E-state index contributed by atoms with van der Waals surface area (Å²) in [6, 6.07) is 13.6. The van der Waals surface area contributed by atoms with Crippen molar-refractivity contribution in [2.24, 2.45) is 0 Å². The molecule has 1 aliphatic carbocycles. The maximum atomic E-state index is 12.9. The summed E-state index contributed by atoms with van der Waals surface area (Å²) in [7, 11) is 0. The summed E-state index contributed by atoms with van der Waals surface area (Å²) in [5.74, 6) is -0.192. The molecule has 2 aromatic heterocycles. The molecule has 5 rings (SSSR count). The van der Waals surface area contributed by atoms with Crippen LogP contribution >= 0.6 is 0 Å². The van der Waals surface area contributed by atoms with Gasteiger partial charge in [0.1, 0.15) is 23.5 Å². The lowest BCUT2D eigenvalue weighted by molar-refractivity contribution is 0.0931. The fourth-order valence-corrected chi connectivity index (χ4v) is 3.97. The zero-order valence-corrected chi connectivity index (χ0v) is 17.9. The van der Waals surface area contributed by atoms with Crippen molar-refractivity contribution in [3.63, 3.8) is 0 Å². The number of aromatic hydroxyl groups is 1. The number of carbonyl (C=O) groups excluding carboxylic acids is 2. The van der Waals surface area contributed by atoms with Gasteiger partial charge in [-0.25, -0.2) is 9.97 Å². The van der Waals surface area contributed by atoms with Gasteiger partial charge in [-0.05, 0) is 52.9 Å². The fourth-order valence-electron chi connectivity index (χ4n) is 3.97. The van der Waals surface area contributed by atoms with Crippen LogP contribution in [0.5, 0.6) is 5.75 Å². The normalized spacial score (nSPS) is 14.4. The highest BCUT2D eigenvalue weighted by atomic mass is 16.3. The first-order valence-corrected chi connectivity index (χ1v) is 10.6. The van der Waals surface area contributed by atoms with Crippen molar-refractivity contribution in [3.8, 4) is 17.1 Å². The Morgan fingerprint density at radius 2 is 1.91 bits per heavy atom. The Hall–Kier alpha value is -4.67. The van der Waals surface area contributed by atoms with E-state index in [4.69, 9.17) is 0 Å². The summed E-state index contributed by atoms with van der Waals surface area (Å²) in [6.45, 7) is 0.212. The summed E-state index contributed by atoms with van der Waals surface area (Å²) in [5.41, 5.74) is 3.92. The van der Waals surface area contributed by atoms with Gasteiger partial charge in [0.15, 0.2) is 0 Å². The molecule has 1 aliphatic rings. The highest BCUT2D eigenvalue weighted by Gasteiger charge is 2.26. The van der Waals surface area contributed by atoms with Crippen molar-refractivity contribution < 1.29 is 14.7 Å². The molecule has 0 unspecified atom stereocenters. The SMILES string of the molecule is O=C(NCc1cccc(O)c1)c1cc(C(=O)N[C@H]2CCc3cc(-c4nn[nH]n4)ccc32)ncn1. The Labute approximate surface area is 193 Å². The number of tetrazole rings is 1. The lowest BCUT2D eigenvalue weighted by atomic mass is 10.0. The third-order valence-corrected chi connectivity index (χ3v) is 5.63. The molecule has 0 saturated heterocycles. The van der Waals surface area contributed by atoms with Gasteiger partial charge in [-0.15, -0.1) is 10.2 Å². The number of hydrogen-bond donors (Lipinski definition) is 4. The second kappa shape index (κ2) is 9.06. The van der Waals surface area contributed by atoms with Crippen LogP contribution in [0.3, 0.4) is 0 Å². The summed E-state index contributed by atoms with van der Waals surface area (Å²) < 4.78 is 0. The van der Waals surface area contributed by atoms with Gasteiger partial charge in [0.25, 0.3) is 11.8 Å². The van der Waals surface area contributed by atoms with E-state index >= 15 is 0 Å². The minimum atomic E-state index is -0.444. The van der Waals surface area contributed by atoms with Gasteiger partial charge in [-0.1, -0.05) is 24.3 Å². The first kappa shape index (κ1) is 21.2. The summed E-state index contributed by atoms with van der Waals surface area (Å²) in [5, 5.41) is 29.3. The van der Waals surface area contributed by atoms with Crippen LogP contribution in [0.1, 0.15) is 50.1 Å². The smallest absolute Gasteiger partial charge is 0.270 e. The maximum absolute atomic E-state index is 12.9. The first-order valence-electron chi connectivity index (χ1n) is 10.6. The number of fused-ring (bicyclic) bond motifs is 1. The molecule has 170 valence electrons. The number of carbonyl (C=O) groups is 2. The highest BCUT2D eigenvalue weighted by molar-refractivity contribution is 5.97.